The molecule has 0 aliphatic carbocycles. The van der Waals surface area contributed by atoms with Gasteiger partial charge in [-0.05, 0) is 36.8 Å². The minimum atomic E-state index is 0.185. The number of H-pyrrole nitrogens is 1. The zero-order valence-electron chi connectivity index (χ0n) is 13.8. The smallest absolute Gasteiger partial charge is 0.201 e. The zero-order valence-corrected chi connectivity index (χ0v) is 13.8. The minimum Gasteiger partial charge on any atom is -0.378 e. The van der Waals surface area contributed by atoms with Crippen molar-refractivity contribution in [2.75, 3.05) is 36.5 Å². The Balaban J connectivity index is 1.46. The van der Waals surface area contributed by atoms with Crippen LogP contribution in [-0.4, -0.2) is 36.3 Å². The Labute approximate surface area is 141 Å². The van der Waals surface area contributed by atoms with E-state index in [1.54, 1.807) is 0 Å². The third-order valence-corrected chi connectivity index (χ3v) is 4.51. The summed E-state index contributed by atoms with van der Waals surface area (Å²) in [5.74, 6) is 0.806. The van der Waals surface area contributed by atoms with Crippen molar-refractivity contribution in [3.63, 3.8) is 0 Å². The minimum absolute atomic E-state index is 0.185. The Morgan fingerprint density at radius 2 is 1.83 bits per heavy atom. The molecule has 1 unspecified atom stereocenters. The zero-order chi connectivity index (χ0) is 16.4. The maximum absolute atomic E-state index is 5.41. The van der Waals surface area contributed by atoms with Crippen LogP contribution in [0.2, 0.25) is 0 Å². The van der Waals surface area contributed by atoms with Gasteiger partial charge < -0.3 is 19.9 Å². The fraction of sp³-hybridized carbons (Fsp3) is 0.316. The van der Waals surface area contributed by atoms with Crippen molar-refractivity contribution in [1.29, 1.82) is 0 Å². The summed E-state index contributed by atoms with van der Waals surface area (Å²) in [4.78, 5) is 10.3. The van der Waals surface area contributed by atoms with Crippen LogP contribution in [0.25, 0.3) is 11.0 Å². The van der Waals surface area contributed by atoms with Crippen molar-refractivity contribution in [1.82, 2.24) is 9.97 Å². The SMILES string of the molecule is CC(Nc1nc2ccccc2[nH]1)c1ccc(N2CCOCC2)cc1. The fourth-order valence-corrected chi connectivity index (χ4v) is 3.10. The van der Waals surface area contributed by atoms with Crippen LogP contribution in [-0.2, 0) is 4.74 Å². The molecule has 0 saturated carbocycles. The number of fused-ring (bicyclic) bond motifs is 1. The Hall–Kier alpha value is -2.53. The van der Waals surface area contributed by atoms with E-state index in [0.717, 1.165) is 43.3 Å². The van der Waals surface area contributed by atoms with Crippen LogP contribution in [0.5, 0.6) is 0 Å². The van der Waals surface area contributed by atoms with Crippen molar-refractivity contribution in [2.24, 2.45) is 0 Å². The van der Waals surface area contributed by atoms with Crippen molar-refractivity contribution in [3.05, 3.63) is 54.1 Å². The second kappa shape index (κ2) is 6.53. The maximum Gasteiger partial charge on any atom is 0.201 e. The van der Waals surface area contributed by atoms with Gasteiger partial charge in [0.25, 0.3) is 0 Å². The Morgan fingerprint density at radius 1 is 1.08 bits per heavy atom. The number of aromatic nitrogens is 2. The number of rotatable bonds is 4. The first-order chi connectivity index (χ1) is 11.8. The van der Waals surface area contributed by atoms with Gasteiger partial charge in [0.05, 0.1) is 30.3 Å². The largest absolute Gasteiger partial charge is 0.378 e. The summed E-state index contributed by atoms with van der Waals surface area (Å²) in [6, 6.07) is 17.0. The Morgan fingerprint density at radius 3 is 2.58 bits per heavy atom. The monoisotopic (exact) mass is 322 g/mol. The van der Waals surface area contributed by atoms with E-state index in [1.165, 1.54) is 11.3 Å². The second-order valence-corrected chi connectivity index (χ2v) is 6.16. The number of ether oxygens (including phenoxy) is 1. The molecule has 0 bridgehead atoms. The number of imidazole rings is 1. The molecule has 0 radical (unpaired) electrons. The van der Waals surface area contributed by atoms with Crippen LogP contribution >= 0.6 is 0 Å². The van der Waals surface area contributed by atoms with Crippen molar-refractivity contribution in [3.8, 4) is 0 Å². The molecule has 0 amide bonds. The standard InChI is InChI=1S/C19H22N4O/c1-14(20-19-21-17-4-2-3-5-18(17)22-19)15-6-8-16(9-7-15)23-10-12-24-13-11-23/h2-9,14H,10-13H2,1H3,(H2,20,21,22). The molecular formula is C19H22N4O. The lowest BCUT2D eigenvalue weighted by molar-refractivity contribution is 0.122. The molecule has 3 aromatic rings. The summed E-state index contributed by atoms with van der Waals surface area (Å²) < 4.78 is 5.41. The predicted octanol–water partition coefficient (Wildman–Crippen LogP) is 3.57. The summed E-state index contributed by atoms with van der Waals surface area (Å²) >= 11 is 0. The van der Waals surface area contributed by atoms with E-state index in [1.807, 2.05) is 24.3 Å². The number of anilines is 2. The van der Waals surface area contributed by atoms with Gasteiger partial charge in [-0.1, -0.05) is 24.3 Å². The van der Waals surface area contributed by atoms with Crippen LogP contribution in [0.1, 0.15) is 18.5 Å². The van der Waals surface area contributed by atoms with Crippen LogP contribution in [0, 0.1) is 0 Å². The first kappa shape index (κ1) is 15.0. The van der Waals surface area contributed by atoms with Crippen molar-refractivity contribution in [2.45, 2.75) is 13.0 Å². The summed E-state index contributed by atoms with van der Waals surface area (Å²) in [6.07, 6.45) is 0. The fourth-order valence-electron chi connectivity index (χ4n) is 3.10. The van der Waals surface area contributed by atoms with Crippen LogP contribution < -0.4 is 10.2 Å². The van der Waals surface area contributed by atoms with E-state index < -0.39 is 0 Å². The van der Waals surface area contributed by atoms with Gasteiger partial charge in [0, 0.05) is 18.8 Å². The molecule has 1 fully saturated rings. The van der Waals surface area contributed by atoms with E-state index in [0.29, 0.717) is 0 Å². The Bertz CT molecular complexity index is 773. The number of benzene rings is 2. The van der Waals surface area contributed by atoms with Gasteiger partial charge in [-0.15, -0.1) is 0 Å². The molecule has 2 aromatic carbocycles. The molecule has 24 heavy (non-hydrogen) atoms. The summed E-state index contributed by atoms with van der Waals surface area (Å²) in [5.41, 5.74) is 4.54. The lowest BCUT2D eigenvalue weighted by atomic mass is 10.1. The van der Waals surface area contributed by atoms with E-state index in [4.69, 9.17) is 4.74 Å². The number of morpholine rings is 1. The molecule has 0 spiro atoms. The number of nitrogens with one attached hydrogen (secondary N) is 2. The molecule has 5 heteroatoms. The highest BCUT2D eigenvalue weighted by molar-refractivity contribution is 5.77. The molecule has 1 saturated heterocycles. The van der Waals surface area contributed by atoms with Crippen molar-refractivity contribution >= 4 is 22.7 Å². The molecule has 1 atom stereocenters. The molecule has 1 aliphatic heterocycles. The molecule has 1 aromatic heterocycles. The lowest BCUT2D eigenvalue weighted by Crippen LogP contribution is -2.36. The van der Waals surface area contributed by atoms with Gasteiger partial charge in [-0.25, -0.2) is 4.98 Å². The summed E-state index contributed by atoms with van der Waals surface area (Å²) in [7, 11) is 0. The average Bonchev–Trinajstić information content (AvgIpc) is 3.05. The number of aromatic amines is 1. The quantitative estimate of drug-likeness (QED) is 0.771. The van der Waals surface area contributed by atoms with Gasteiger partial charge in [0.1, 0.15) is 0 Å². The van der Waals surface area contributed by atoms with Crippen LogP contribution in [0.15, 0.2) is 48.5 Å². The molecule has 1 aliphatic rings. The average molecular weight is 322 g/mol. The van der Waals surface area contributed by atoms with E-state index in [2.05, 4.69) is 51.4 Å². The van der Waals surface area contributed by atoms with E-state index in [-0.39, 0.29) is 6.04 Å². The normalized spacial score (nSPS) is 16.3. The third-order valence-electron chi connectivity index (χ3n) is 4.51. The predicted molar refractivity (Wildman–Crippen MR) is 97.6 cm³/mol. The molecule has 2 heterocycles. The lowest BCUT2D eigenvalue weighted by Gasteiger charge is -2.29. The van der Waals surface area contributed by atoms with E-state index in [9.17, 15) is 0 Å². The molecule has 5 nitrogen and oxygen atoms in total. The first-order valence-electron chi connectivity index (χ1n) is 8.43. The highest BCUT2D eigenvalue weighted by Gasteiger charge is 2.12. The number of hydrogen-bond acceptors (Lipinski definition) is 4. The maximum atomic E-state index is 5.41. The molecule has 124 valence electrons. The molecule has 2 N–H and O–H groups in total. The summed E-state index contributed by atoms with van der Waals surface area (Å²) in [5, 5.41) is 3.45. The van der Waals surface area contributed by atoms with Crippen LogP contribution in [0.4, 0.5) is 11.6 Å². The number of nitrogens with zero attached hydrogens (tertiary/aromatic N) is 2. The van der Waals surface area contributed by atoms with E-state index >= 15 is 0 Å². The second-order valence-electron chi connectivity index (χ2n) is 6.16. The highest BCUT2D eigenvalue weighted by atomic mass is 16.5. The first-order valence-corrected chi connectivity index (χ1v) is 8.43. The number of para-hydroxylation sites is 2. The third kappa shape index (κ3) is 3.08. The van der Waals surface area contributed by atoms with Gasteiger partial charge in [-0.2, -0.15) is 0 Å². The van der Waals surface area contributed by atoms with Crippen LogP contribution in [0.3, 0.4) is 0 Å². The summed E-state index contributed by atoms with van der Waals surface area (Å²) in [6.45, 7) is 5.70. The molecular weight excluding hydrogens is 300 g/mol. The van der Waals surface area contributed by atoms with Gasteiger partial charge in [-0.3, -0.25) is 0 Å². The topological polar surface area (TPSA) is 53.2 Å². The Kier molecular flexibility index (Phi) is 4.09. The van der Waals surface area contributed by atoms with Gasteiger partial charge in [0.15, 0.2) is 0 Å². The highest BCUT2D eigenvalue weighted by Crippen LogP contribution is 2.23. The van der Waals surface area contributed by atoms with Gasteiger partial charge >= 0.3 is 0 Å². The number of hydrogen-bond donors (Lipinski definition) is 2. The van der Waals surface area contributed by atoms with Gasteiger partial charge in [0.2, 0.25) is 5.95 Å². The molecule has 4 rings (SSSR count). The van der Waals surface area contributed by atoms with Crippen molar-refractivity contribution < 1.29 is 4.74 Å².